The van der Waals surface area contributed by atoms with Gasteiger partial charge in [-0.3, -0.25) is 9.48 Å². The fourth-order valence-electron chi connectivity index (χ4n) is 2.02. The minimum atomic E-state index is -0.0695. The molecule has 0 N–H and O–H groups in total. The van der Waals surface area contributed by atoms with Gasteiger partial charge in [-0.05, 0) is 26.0 Å². The highest BCUT2D eigenvalue weighted by molar-refractivity contribution is 6.31. The van der Waals surface area contributed by atoms with E-state index in [0.717, 1.165) is 11.4 Å². The van der Waals surface area contributed by atoms with Crippen LogP contribution in [0.4, 0.5) is 0 Å². The van der Waals surface area contributed by atoms with Crippen molar-refractivity contribution < 1.29 is 14.3 Å². The summed E-state index contributed by atoms with van der Waals surface area (Å²) in [5.41, 5.74) is 2.01. The molecular weight excluding hydrogens is 292 g/mol. The van der Waals surface area contributed by atoms with Gasteiger partial charge in [-0.25, -0.2) is 0 Å². The lowest BCUT2D eigenvalue weighted by Gasteiger charge is -2.12. The Balaban J connectivity index is 2.28. The predicted molar refractivity (Wildman–Crippen MR) is 80.3 cm³/mol. The molecule has 2 aromatic rings. The molecular formula is C15H17ClN2O3. The highest BCUT2D eigenvalue weighted by Crippen LogP contribution is 2.27. The van der Waals surface area contributed by atoms with Gasteiger partial charge in [0.2, 0.25) is 0 Å². The van der Waals surface area contributed by atoms with Gasteiger partial charge in [0, 0.05) is 13.1 Å². The lowest BCUT2D eigenvalue weighted by Crippen LogP contribution is -2.06. The zero-order valence-corrected chi connectivity index (χ0v) is 13.2. The highest BCUT2D eigenvalue weighted by atomic mass is 35.5. The molecule has 0 saturated heterocycles. The van der Waals surface area contributed by atoms with Crippen molar-refractivity contribution in [1.82, 2.24) is 9.78 Å². The summed E-state index contributed by atoms with van der Waals surface area (Å²) in [6, 6.07) is 5.10. The molecule has 0 radical (unpaired) electrons. The molecule has 0 spiro atoms. The van der Waals surface area contributed by atoms with Crippen molar-refractivity contribution >= 4 is 17.4 Å². The minimum Gasteiger partial charge on any atom is -0.497 e. The Morgan fingerprint density at radius 1 is 1.43 bits per heavy atom. The van der Waals surface area contributed by atoms with Crippen molar-refractivity contribution in [3.8, 4) is 11.5 Å². The third-order valence-electron chi connectivity index (χ3n) is 3.19. The quantitative estimate of drug-likeness (QED) is 0.796. The Labute approximate surface area is 128 Å². The normalized spacial score (nSPS) is 10.5. The van der Waals surface area contributed by atoms with Crippen molar-refractivity contribution in [2.45, 2.75) is 20.5 Å². The van der Waals surface area contributed by atoms with Gasteiger partial charge in [0.1, 0.15) is 18.1 Å². The zero-order valence-electron chi connectivity index (χ0n) is 12.4. The standard InChI is InChI=1S/C15H17ClN2O3/c1-9-15(16)13(18(3)17-9)8-21-14-7-11(20-4)5-6-12(14)10(2)19/h5-7H,8H2,1-4H3. The molecule has 2 rings (SSSR count). The van der Waals surface area contributed by atoms with Crippen LogP contribution >= 0.6 is 11.6 Å². The fourth-order valence-corrected chi connectivity index (χ4v) is 2.24. The summed E-state index contributed by atoms with van der Waals surface area (Å²) < 4.78 is 12.6. The topological polar surface area (TPSA) is 53.4 Å². The van der Waals surface area contributed by atoms with Crippen LogP contribution in [0.2, 0.25) is 5.02 Å². The van der Waals surface area contributed by atoms with Crippen molar-refractivity contribution in [1.29, 1.82) is 0 Å². The Kier molecular flexibility index (Phi) is 4.53. The van der Waals surface area contributed by atoms with E-state index >= 15 is 0 Å². The maximum atomic E-state index is 11.7. The molecule has 0 aliphatic carbocycles. The number of hydrogen-bond acceptors (Lipinski definition) is 4. The Bertz CT molecular complexity index is 680. The van der Waals surface area contributed by atoms with Crippen LogP contribution in [0.1, 0.15) is 28.7 Å². The van der Waals surface area contributed by atoms with E-state index in [9.17, 15) is 4.79 Å². The van der Waals surface area contributed by atoms with E-state index in [2.05, 4.69) is 5.10 Å². The molecule has 0 bridgehead atoms. The molecule has 0 aliphatic heterocycles. The van der Waals surface area contributed by atoms with Crippen LogP contribution in [0.15, 0.2) is 18.2 Å². The largest absolute Gasteiger partial charge is 0.497 e. The molecule has 21 heavy (non-hydrogen) atoms. The van der Waals surface area contributed by atoms with Gasteiger partial charge >= 0.3 is 0 Å². The third kappa shape index (κ3) is 3.19. The second-order valence-electron chi connectivity index (χ2n) is 4.68. The van der Waals surface area contributed by atoms with E-state index in [1.165, 1.54) is 6.92 Å². The minimum absolute atomic E-state index is 0.0695. The number of Topliss-reactive ketones (excluding diaryl/α,β-unsaturated/α-hetero) is 1. The number of aromatic nitrogens is 2. The number of carbonyl (C=O) groups excluding carboxylic acids is 1. The van der Waals surface area contributed by atoms with Crippen LogP contribution < -0.4 is 9.47 Å². The van der Waals surface area contributed by atoms with Gasteiger partial charge in [-0.1, -0.05) is 11.6 Å². The lowest BCUT2D eigenvalue weighted by molar-refractivity contribution is 0.101. The third-order valence-corrected chi connectivity index (χ3v) is 3.69. The number of benzene rings is 1. The summed E-state index contributed by atoms with van der Waals surface area (Å²) in [5.74, 6) is 1.03. The second-order valence-corrected chi connectivity index (χ2v) is 5.05. The number of ketones is 1. The number of carbonyl (C=O) groups is 1. The molecule has 1 aromatic carbocycles. The summed E-state index contributed by atoms with van der Waals surface area (Å²) in [5, 5.41) is 4.80. The van der Waals surface area contributed by atoms with E-state index in [0.29, 0.717) is 22.1 Å². The summed E-state index contributed by atoms with van der Waals surface area (Å²) >= 11 is 6.19. The van der Waals surface area contributed by atoms with E-state index < -0.39 is 0 Å². The van der Waals surface area contributed by atoms with Gasteiger partial charge in [-0.15, -0.1) is 0 Å². The fraction of sp³-hybridized carbons (Fsp3) is 0.333. The first kappa shape index (κ1) is 15.4. The first-order valence-corrected chi connectivity index (χ1v) is 6.81. The predicted octanol–water partition coefficient (Wildman–Crippen LogP) is 3.17. The van der Waals surface area contributed by atoms with Gasteiger partial charge in [0.05, 0.1) is 29.1 Å². The highest BCUT2D eigenvalue weighted by Gasteiger charge is 2.14. The SMILES string of the molecule is COc1ccc(C(C)=O)c(OCc2c(Cl)c(C)nn2C)c1. The zero-order chi connectivity index (χ0) is 15.6. The van der Waals surface area contributed by atoms with Crippen LogP contribution in [0, 0.1) is 6.92 Å². The van der Waals surface area contributed by atoms with E-state index in [-0.39, 0.29) is 12.4 Å². The average molecular weight is 309 g/mol. The molecule has 0 aliphatic rings. The summed E-state index contributed by atoms with van der Waals surface area (Å²) in [7, 11) is 3.36. The molecule has 0 amide bonds. The second kappa shape index (κ2) is 6.18. The number of nitrogens with zero attached hydrogens (tertiary/aromatic N) is 2. The van der Waals surface area contributed by atoms with Crippen LogP contribution in [0.3, 0.4) is 0 Å². The molecule has 6 heteroatoms. The van der Waals surface area contributed by atoms with Crippen LogP contribution in [-0.2, 0) is 13.7 Å². The molecule has 112 valence electrons. The Morgan fingerprint density at radius 2 is 2.14 bits per heavy atom. The number of halogens is 1. The smallest absolute Gasteiger partial charge is 0.163 e. The number of rotatable bonds is 5. The number of methoxy groups -OCH3 is 1. The number of ether oxygens (including phenoxy) is 2. The van der Waals surface area contributed by atoms with Crippen molar-refractivity contribution in [2.24, 2.45) is 7.05 Å². The van der Waals surface area contributed by atoms with E-state index in [1.807, 2.05) is 6.92 Å². The van der Waals surface area contributed by atoms with Crippen molar-refractivity contribution in [2.75, 3.05) is 7.11 Å². The Morgan fingerprint density at radius 3 is 2.67 bits per heavy atom. The van der Waals surface area contributed by atoms with Crippen LogP contribution in [-0.4, -0.2) is 22.7 Å². The first-order chi connectivity index (χ1) is 9.93. The lowest BCUT2D eigenvalue weighted by atomic mass is 10.1. The van der Waals surface area contributed by atoms with Crippen molar-refractivity contribution in [3.05, 3.63) is 40.2 Å². The molecule has 0 atom stereocenters. The van der Waals surface area contributed by atoms with Gasteiger partial charge < -0.3 is 9.47 Å². The number of aryl methyl sites for hydroxylation is 2. The maximum Gasteiger partial charge on any atom is 0.163 e. The first-order valence-electron chi connectivity index (χ1n) is 6.43. The average Bonchev–Trinajstić information content (AvgIpc) is 2.69. The van der Waals surface area contributed by atoms with Gasteiger partial charge in [0.15, 0.2) is 5.78 Å². The summed E-state index contributed by atoms with van der Waals surface area (Å²) in [6.45, 7) is 3.55. The maximum absolute atomic E-state index is 11.7. The number of hydrogen-bond donors (Lipinski definition) is 0. The summed E-state index contributed by atoms with van der Waals surface area (Å²) in [6.07, 6.45) is 0. The molecule has 1 aromatic heterocycles. The van der Waals surface area contributed by atoms with Crippen LogP contribution in [0.25, 0.3) is 0 Å². The molecule has 0 saturated carbocycles. The van der Waals surface area contributed by atoms with E-state index in [1.54, 1.807) is 37.0 Å². The van der Waals surface area contributed by atoms with Crippen LogP contribution in [0.5, 0.6) is 11.5 Å². The monoisotopic (exact) mass is 308 g/mol. The van der Waals surface area contributed by atoms with Gasteiger partial charge in [-0.2, -0.15) is 5.10 Å². The molecule has 5 nitrogen and oxygen atoms in total. The molecule has 0 fully saturated rings. The van der Waals surface area contributed by atoms with E-state index in [4.69, 9.17) is 21.1 Å². The molecule has 0 unspecified atom stereocenters. The van der Waals surface area contributed by atoms with Crippen molar-refractivity contribution in [3.63, 3.8) is 0 Å². The Hall–Kier alpha value is -2.01. The summed E-state index contributed by atoms with van der Waals surface area (Å²) in [4.78, 5) is 11.7. The molecule has 1 heterocycles. The van der Waals surface area contributed by atoms with Gasteiger partial charge in [0.25, 0.3) is 0 Å².